The average molecular weight is 487 g/mol. The molecular formula is C28H30N4O4. The van der Waals surface area contributed by atoms with E-state index >= 15 is 0 Å². The molecule has 0 bridgehead atoms. The molecule has 0 saturated heterocycles. The van der Waals surface area contributed by atoms with Gasteiger partial charge in [-0.15, -0.1) is 0 Å². The van der Waals surface area contributed by atoms with Crippen LogP contribution in [-0.4, -0.2) is 22.8 Å². The summed E-state index contributed by atoms with van der Waals surface area (Å²) in [6.45, 7) is 4.27. The summed E-state index contributed by atoms with van der Waals surface area (Å²) in [6.07, 6.45) is 1.64. The minimum Gasteiger partial charge on any atom is -0.306 e. The standard InChI is InChI=1S/C28H30N4O4/c1-19(2)17-27(33)30-29-24-16-15-22-7-3-5-9-25(22)31(28(24)34)18-20-11-13-21(14-12-20)23-8-4-6-10-26(23)32(35)36/h3-14,19,24,29H,15-18H2,1-2H3,(H,30,33)/t24-/m1/s1. The first-order chi connectivity index (χ1) is 17.3. The molecule has 8 nitrogen and oxygen atoms in total. The number of aryl methyl sites for hydroxylation is 1. The first-order valence-corrected chi connectivity index (χ1v) is 12.1. The van der Waals surface area contributed by atoms with Crippen LogP contribution in [0.15, 0.2) is 72.8 Å². The van der Waals surface area contributed by atoms with Crippen LogP contribution in [0.2, 0.25) is 0 Å². The number of hydrogen-bond donors (Lipinski definition) is 2. The fourth-order valence-electron chi connectivity index (χ4n) is 4.45. The van der Waals surface area contributed by atoms with Crippen LogP contribution >= 0.6 is 0 Å². The van der Waals surface area contributed by atoms with E-state index < -0.39 is 6.04 Å². The van der Waals surface area contributed by atoms with Gasteiger partial charge < -0.3 is 4.90 Å². The van der Waals surface area contributed by atoms with Crippen molar-refractivity contribution in [1.82, 2.24) is 10.9 Å². The molecule has 3 aromatic carbocycles. The molecule has 0 aliphatic carbocycles. The topological polar surface area (TPSA) is 105 Å². The van der Waals surface area contributed by atoms with E-state index in [2.05, 4.69) is 10.9 Å². The number of hydrazine groups is 1. The SMILES string of the molecule is CC(C)CC(=O)NN[C@@H]1CCc2ccccc2N(Cc2ccc(-c3ccccc3[N+](=O)[O-])cc2)C1=O. The molecule has 4 rings (SSSR count). The fraction of sp³-hybridized carbons (Fsp3) is 0.286. The number of nitro benzene ring substituents is 1. The molecule has 0 aromatic heterocycles. The Bertz CT molecular complexity index is 1260. The van der Waals surface area contributed by atoms with Crippen LogP contribution in [-0.2, 0) is 22.6 Å². The fourth-order valence-corrected chi connectivity index (χ4v) is 4.45. The highest BCUT2D eigenvalue weighted by molar-refractivity contribution is 5.98. The van der Waals surface area contributed by atoms with Crippen molar-refractivity contribution in [3.8, 4) is 11.1 Å². The first-order valence-electron chi connectivity index (χ1n) is 12.1. The highest BCUT2D eigenvalue weighted by atomic mass is 16.6. The van der Waals surface area contributed by atoms with E-state index in [1.54, 1.807) is 23.1 Å². The predicted octanol–water partition coefficient (Wildman–Crippen LogP) is 4.78. The van der Waals surface area contributed by atoms with Crippen LogP contribution in [0.5, 0.6) is 0 Å². The van der Waals surface area contributed by atoms with E-state index in [1.165, 1.54) is 6.07 Å². The molecule has 3 aromatic rings. The minimum absolute atomic E-state index is 0.0512. The molecule has 2 amide bonds. The van der Waals surface area contributed by atoms with Crippen molar-refractivity contribution in [2.45, 2.75) is 45.7 Å². The molecule has 2 N–H and O–H groups in total. The minimum atomic E-state index is -0.556. The molecule has 0 saturated carbocycles. The molecule has 36 heavy (non-hydrogen) atoms. The number of benzene rings is 3. The Morgan fingerprint density at radius 2 is 1.75 bits per heavy atom. The number of amides is 2. The third-order valence-electron chi connectivity index (χ3n) is 6.23. The van der Waals surface area contributed by atoms with Gasteiger partial charge in [0.15, 0.2) is 0 Å². The Morgan fingerprint density at radius 1 is 1.06 bits per heavy atom. The summed E-state index contributed by atoms with van der Waals surface area (Å²) in [5.41, 5.74) is 9.81. The molecule has 0 fully saturated rings. The zero-order valence-corrected chi connectivity index (χ0v) is 20.4. The van der Waals surface area contributed by atoms with Crippen molar-refractivity contribution in [2.75, 3.05) is 4.90 Å². The van der Waals surface area contributed by atoms with Gasteiger partial charge in [-0.1, -0.05) is 68.4 Å². The summed E-state index contributed by atoms with van der Waals surface area (Å²) in [5, 5.41) is 11.4. The molecule has 1 aliphatic heterocycles. The van der Waals surface area contributed by atoms with E-state index in [0.29, 0.717) is 31.4 Å². The van der Waals surface area contributed by atoms with Gasteiger partial charge in [0.1, 0.15) is 6.04 Å². The largest absolute Gasteiger partial charge is 0.306 e. The van der Waals surface area contributed by atoms with Gasteiger partial charge in [0.2, 0.25) is 11.8 Å². The summed E-state index contributed by atoms with van der Waals surface area (Å²) >= 11 is 0. The summed E-state index contributed by atoms with van der Waals surface area (Å²) in [4.78, 5) is 38.5. The highest BCUT2D eigenvalue weighted by Gasteiger charge is 2.30. The van der Waals surface area contributed by atoms with E-state index in [4.69, 9.17) is 0 Å². The Kier molecular flexibility index (Phi) is 7.75. The van der Waals surface area contributed by atoms with Gasteiger partial charge in [-0.3, -0.25) is 25.1 Å². The maximum atomic E-state index is 13.6. The zero-order valence-electron chi connectivity index (χ0n) is 20.4. The second kappa shape index (κ2) is 11.1. The zero-order chi connectivity index (χ0) is 25.7. The number of carbonyl (C=O) groups excluding carboxylic acids is 2. The van der Waals surface area contributed by atoms with Gasteiger partial charge in [-0.2, -0.15) is 0 Å². The molecule has 1 aliphatic rings. The van der Waals surface area contributed by atoms with E-state index in [1.807, 2.05) is 62.4 Å². The van der Waals surface area contributed by atoms with Gasteiger partial charge in [0, 0.05) is 18.2 Å². The normalized spacial score (nSPS) is 15.4. The second-order valence-electron chi connectivity index (χ2n) is 9.41. The van der Waals surface area contributed by atoms with Crippen LogP contribution in [0.4, 0.5) is 11.4 Å². The molecule has 1 atom stereocenters. The Balaban J connectivity index is 1.56. The van der Waals surface area contributed by atoms with Crippen molar-refractivity contribution >= 4 is 23.2 Å². The van der Waals surface area contributed by atoms with Gasteiger partial charge in [0.05, 0.1) is 17.0 Å². The van der Waals surface area contributed by atoms with Crippen LogP contribution in [0.3, 0.4) is 0 Å². The summed E-state index contributed by atoms with van der Waals surface area (Å²) in [6, 6.07) is 21.4. The maximum Gasteiger partial charge on any atom is 0.277 e. The lowest BCUT2D eigenvalue weighted by atomic mass is 10.0. The number of hydrogen-bond acceptors (Lipinski definition) is 5. The predicted molar refractivity (Wildman–Crippen MR) is 139 cm³/mol. The summed E-state index contributed by atoms with van der Waals surface area (Å²) in [5.74, 6) is -0.0399. The van der Waals surface area contributed by atoms with Crippen LogP contribution in [0, 0.1) is 16.0 Å². The lowest BCUT2D eigenvalue weighted by Gasteiger charge is -2.26. The van der Waals surface area contributed by atoms with Gasteiger partial charge >= 0.3 is 0 Å². The number of para-hydroxylation sites is 2. The van der Waals surface area contributed by atoms with Crippen molar-refractivity contribution in [2.24, 2.45) is 5.92 Å². The van der Waals surface area contributed by atoms with Crippen molar-refractivity contribution < 1.29 is 14.5 Å². The molecule has 0 spiro atoms. The van der Waals surface area contributed by atoms with E-state index in [9.17, 15) is 19.7 Å². The second-order valence-corrected chi connectivity index (χ2v) is 9.41. The number of rotatable bonds is 8. The third-order valence-corrected chi connectivity index (χ3v) is 6.23. The van der Waals surface area contributed by atoms with Crippen LogP contribution in [0.25, 0.3) is 11.1 Å². The van der Waals surface area contributed by atoms with Crippen LogP contribution < -0.4 is 15.8 Å². The number of fused-ring (bicyclic) bond motifs is 1. The summed E-state index contributed by atoms with van der Waals surface area (Å²) in [7, 11) is 0. The number of anilines is 1. The van der Waals surface area contributed by atoms with E-state index in [0.717, 1.165) is 22.4 Å². The Labute approximate surface area is 210 Å². The Morgan fingerprint density at radius 3 is 2.47 bits per heavy atom. The third kappa shape index (κ3) is 5.78. The highest BCUT2D eigenvalue weighted by Crippen LogP contribution is 2.31. The van der Waals surface area contributed by atoms with Crippen molar-refractivity contribution in [1.29, 1.82) is 0 Å². The van der Waals surface area contributed by atoms with Crippen molar-refractivity contribution in [3.63, 3.8) is 0 Å². The van der Waals surface area contributed by atoms with Crippen molar-refractivity contribution in [3.05, 3.63) is 94.0 Å². The van der Waals surface area contributed by atoms with E-state index in [-0.39, 0.29) is 28.3 Å². The number of nitrogens with zero attached hydrogens (tertiary/aromatic N) is 2. The molecular weight excluding hydrogens is 456 g/mol. The number of nitrogens with one attached hydrogen (secondary N) is 2. The quantitative estimate of drug-likeness (QED) is 0.352. The lowest BCUT2D eigenvalue weighted by molar-refractivity contribution is -0.384. The smallest absolute Gasteiger partial charge is 0.277 e. The molecule has 186 valence electrons. The molecule has 0 radical (unpaired) electrons. The first kappa shape index (κ1) is 25.1. The maximum absolute atomic E-state index is 13.6. The molecule has 8 heteroatoms. The molecule has 1 heterocycles. The average Bonchev–Trinajstić information content (AvgIpc) is 2.99. The van der Waals surface area contributed by atoms with Gasteiger partial charge in [0.25, 0.3) is 5.69 Å². The summed E-state index contributed by atoms with van der Waals surface area (Å²) < 4.78 is 0. The van der Waals surface area contributed by atoms with Gasteiger partial charge in [-0.05, 0) is 47.6 Å². The lowest BCUT2D eigenvalue weighted by Crippen LogP contribution is -2.52. The van der Waals surface area contributed by atoms with Gasteiger partial charge in [-0.25, -0.2) is 5.43 Å². The molecule has 0 unspecified atom stereocenters. The Hall–Kier alpha value is -4.04. The number of carbonyl (C=O) groups is 2. The monoisotopic (exact) mass is 486 g/mol. The number of nitro groups is 1. The van der Waals surface area contributed by atoms with Crippen LogP contribution in [0.1, 0.15) is 37.8 Å².